The number of hydrogen-bond donors (Lipinski definition) is 1. The number of benzene rings is 2. The normalized spacial score (nSPS) is 25.3. The lowest BCUT2D eigenvalue weighted by Gasteiger charge is -2.45. The summed E-state index contributed by atoms with van der Waals surface area (Å²) in [7, 11) is -2.25. The van der Waals surface area contributed by atoms with Crippen molar-refractivity contribution in [1.82, 2.24) is 5.32 Å². The Bertz CT molecular complexity index is 1430. The van der Waals surface area contributed by atoms with Gasteiger partial charge in [-0.2, -0.15) is 5.26 Å². The quantitative estimate of drug-likeness (QED) is 0.225. The van der Waals surface area contributed by atoms with Crippen LogP contribution in [-0.2, 0) is 19.4 Å². The summed E-state index contributed by atoms with van der Waals surface area (Å²) in [6.45, 7) is 16.3. The van der Waals surface area contributed by atoms with Gasteiger partial charge in [0.15, 0.2) is 8.32 Å². The van der Waals surface area contributed by atoms with Crippen LogP contribution in [0.15, 0.2) is 36.4 Å². The van der Waals surface area contributed by atoms with Gasteiger partial charge >= 0.3 is 5.97 Å². The maximum atomic E-state index is 16.1. The van der Waals surface area contributed by atoms with Gasteiger partial charge in [-0.25, -0.2) is 8.78 Å². The Morgan fingerprint density at radius 3 is 2.32 bits per heavy atom. The predicted octanol–water partition coefficient (Wildman–Crippen LogP) is 8.94. The van der Waals surface area contributed by atoms with E-state index in [1.807, 2.05) is 0 Å². The number of ether oxygens (including phenoxy) is 1. The SMILES string of the molecule is CC(C)(C)OC(=O)[C@@H]1N[C@@H](C(CO[Si](C)(C)C(C)(C)C)C2CCC2)[C@](C#N)(c2ccc(Cl)cc2F)[C@H]1c1cccc(Cl)c1F. The van der Waals surface area contributed by atoms with E-state index in [1.165, 1.54) is 24.3 Å². The number of nitrogens with zero attached hydrogens (tertiary/aromatic N) is 1. The fraction of sp³-hybridized carbons (Fsp3) is 0.588. The van der Waals surface area contributed by atoms with Crippen LogP contribution in [-0.4, -0.2) is 38.6 Å². The van der Waals surface area contributed by atoms with Gasteiger partial charge in [0.05, 0.1) is 11.1 Å². The number of halogens is 4. The van der Waals surface area contributed by atoms with E-state index in [-0.39, 0.29) is 38.0 Å². The van der Waals surface area contributed by atoms with Crippen LogP contribution in [0.2, 0.25) is 28.2 Å². The van der Waals surface area contributed by atoms with E-state index in [0.29, 0.717) is 6.61 Å². The largest absolute Gasteiger partial charge is 0.459 e. The molecule has 240 valence electrons. The zero-order valence-corrected chi connectivity index (χ0v) is 29.4. The van der Waals surface area contributed by atoms with Gasteiger partial charge in [0.2, 0.25) is 0 Å². The topological polar surface area (TPSA) is 71.3 Å². The van der Waals surface area contributed by atoms with E-state index in [2.05, 4.69) is 45.3 Å². The highest BCUT2D eigenvalue weighted by Gasteiger charge is 2.64. The van der Waals surface area contributed by atoms with Gasteiger partial charge in [-0.05, 0) is 68.6 Å². The smallest absolute Gasteiger partial charge is 0.324 e. The molecule has 0 radical (unpaired) electrons. The van der Waals surface area contributed by atoms with E-state index >= 15 is 8.78 Å². The Kier molecular flexibility index (Phi) is 10.0. The van der Waals surface area contributed by atoms with Crippen molar-refractivity contribution in [2.45, 2.75) is 108 Å². The summed E-state index contributed by atoms with van der Waals surface area (Å²) < 4.78 is 44.8. The standard InChI is InChI=1S/C34H44Cl2F2N2O3Si/c1-32(2,3)43-31(41)29-27(22-13-10-14-25(36)28(22)38)34(19-39,24-16-15-21(35)17-26(24)37)30(40-29)23(20-11-9-12-20)18-42-44(7,8)33(4,5)6/h10,13-17,20,23,27,29-30,40H,9,11-12,18H2,1-8H3/t23?,27-,29+,30-,34+/m0/s1. The second-order valence-electron chi connectivity index (χ2n) is 14.8. The van der Waals surface area contributed by atoms with Crippen molar-refractivity contribution >= 4 is 37.5 Å². The maximum absolute atomic E-state index is 16.1. The van der Waals surface area contributed by atoms with E-state index in [9.17, 15) is 10.1 Å². The zero-order chi connectivity index (χ0) is 32.8. The van der Waals surface area contributed by atoms with Crippen LogP contribution in [0.25, 0.3) is 0 Å². The number of nitriles is 1. The number of hydrogen-bond acceptors (Lipinski definition) is 5. The van der Waals surface area contributed by atoms with Gasteiger partial charge < -0.3 is 9.16 Å². The minimum absolute atomic E-state index is 0.0361. The van der Waals surface area contributed by atoms with Crippen molar-refractivity contribution in [3.05, 3.63) is 69.2 Å². The monoisotopic (exact) mass is 664 g/mol. The zero-order valence-electron chi connectivity index (χ0n) is 26.9. The Morgan fingerprint density at radius 2 is 1.80 bits per heavy atom. The van der Waals surface area contributed by atoms with Gasteiger partial charge in [0.1, 0.15) is 28.7 Å². The second kappa shape index (κ2) is 12.6. The molecular formula is C34H44Cl2F2N2O3Si. The second-order valence-corrected chi connectivity index (χ2v) is 20.5. The number of carbonyl (C=O) groups excluding carboxylic acids is 1. The van der Waals surface area contributed by atoms with Crippen LogP contribution in [0.5, 0.6) is 0 Å². The summed E-state index contributed by atoms with van der Waals surface area (Å²) in [4.78, 5) is 14.0. The van der Waals surface area contributed by atoms with Gasteiger partial charge in [-0.1, -0.05) is 81.4 Å². The molecule has 4 rings (SSSR count). The lowest BCUT2D eigenvalue weighted by atomic mass is 9.59. The molecule has 1 unspecified atom stereocenters. The molecule has 1 N–H and O–H groups in total. The summed E-state index contributed by atoms with van der Waals surface area (Å²) in [5, 5.41) is 14.7. The van der Waals surface area contributed by atoms with Crippen LogP contribution < -0.4 is 5.32 Å². The van der Waals surface area contributed by atoms with Gasteiger partial charge in [-0.3, -0.25) is 10.1 Å². The number of rotatable bonds is 8. The predicted molar refractivity (Wildman–Crippen MR) is 173 cm³/mol. The van der Waals surface area contributed by atoms with E-state index < -0.39 is 54.9 Å². The minimum atomic E-state index is -2.25. The molecule has 5 atom stereocenters. The molecule has 44 heavy (non-hydrogen) atoms. The molecule has 0 spiro atoms. The highest BCUT2D eigenvalue weighted by Crippen LogP contribution is 2.55. The van der Waals surface area contributed by atoms with Crippen molar-refractivity contribution in [2.75, 3.05) is 6.61 Å². The summed E-state index contributed by atoms with van der Waals surface area (Å²) in [5.41, 5.74) is -2.54. The van der Waals surface area contributed by atoms with Crippen LogP contribution >= 0.6 is 23.2 Å². The van der Waals surface area contributed by atoms with Crippen molar-refractivity contribution in [3.63, 3.8) is 0 Å². The van der Waals surface area contributed by atoms with Crippen molar-refractivity contribution in [3.8, 4) is 6.07 Å². The summed E-state index contributed by atoms with van der Waals surface area (Å²) in [6, 6.07) is 9.13. The first-order chi connectivity index (χ1) is 20.3. The van der Waals surface area contributed by atoms with E-state index in [0.717, 1.165) is 25.3 Å². The molecule has 1 aliphatic heterocycles. The Labute approximate surface area is 271 Å². The molecule has 2 fully saturated rings. The average Bonchev–Trinajstić information content (AvgIpc) is 3.21. The third-order valence-corrected chi connectivity index (χ3v) is 14.9. The van der Waals surface area contributed by atoms with E-state index in [4.69, 9.17) is 32.4 Å². The molecule has 1 saturated carbocycles. The Hall–Kier alpha value is -2.02. The Balaban J connectivity index is 2.00. The summed E-state index contributed by atoms with van der Waals surface area (Å²) in [6.07, 6.45) is 2.83. The van der Waals surface area contributed by atoms with Gasteiger partial charge in [-0.15, -0.1) is 0 Å². The highest BCUT2D eigenvalue weighted by atomic mass is 35.5. The fourth-order valence-corrected chi connectivity index (χ4v) is 7.73. The van der Waals surface area contributed by atoms with Crippen molar-refractivity contribution in [2.24, 2.45) is 11.8 Å². The van der Waals surface area contributed by atoms with Crippen LogP contribution in [0.1, 0.15) is 77.8 Å². The summed E-state index contributed by atoms with van der Waals surface area (Å²) >= 11 is 12.5. The highest BCUT2D eigenvalue weighted by molar-refractivity contribution is 6.74. The molecule has 0 amide bonds. The third-order valence-electron chi connectivity index (χ3n) is 9.84. The van der Waals surface area contributed by atoms with E-state index in [1.54, 1.807) is 26.8 Å². The van der Waals surface area contributed by atoms with Crippen molar-refractivity contribution < 1.29 is 22.7 Å². The van der Waals surface area contributed by atoms with Gasteiger partial charge in [0, 0.05) is 35.1 Å². The van der Waals surface area contributed by atoms with Crippen LogP contribution in [0.3, 0.4) is 0 Å². The van der Waals surface area contributed by atoms with Crippen LogP contribution in [0, 0.1) is 34.8 Å². The summed E-state index contributed by atoms with van der Waals surface area (Å²) in [5.74, 6) is -3.44. The molecular weight excluding hydrogens is 621 g/mol. The molecule has 1 saturated heterocycles. The fourth-order valence-electron chi connectivity index (χ4n) is 6.35. The molecule has 10 heteroatoms. The molecule has 2 aromatic carbocycles. The molecule has 5 nitrogen and oxygen atoms in total. The lowest BCUT2D eigenvalue weighted by Crippen LogP contribution is -2.54. The molecule has 2 aromatic rings. The lowest BCUT2D eigenvalue weighted by molar-refractivity contribution is -0.157. The number of carbonyl (C=O) groups is 1. The molecule has 0 aromatic heterocycles. The molecule has 2 aliphatic rings. The number of esters is 1. The van der Waals surface area contributed by atoms with Gasteiger partial charge in [0.25, 0.3) is 0 Å². The Morgan fingerprint density at radius 1 is 1.14 bits per heavy atom. The first-order valence-electron chi connectivity index (χ1n) is 15.3. The first kappa shape index (κ1) is 34.8. The third kappa shape index (κ3) is 6.59. The minimum Gasteiger partial charge on any atom is -0.459 e. The van der Waals surface area contributed by atoms with Crippen LogP contribution in [0.4, 0.5) is 8.78 Å². The molecule has 1 heterocycles. The number of nitrogens with one attached hydrogen (secondary N) is 1. The average molecular weight is 666 g/mol. The molecule has 1 aliphatic carbocycles. The van der Waals surface area contributed by atoms with Crippen molar-refractivity contribution in [1.29, 1.82) is 5.26 Å². The molecule has 0 bridgehead atoms. The maximum Gasteiger partial charge on any atom is 0.324 e. The first-order valence-corrected chi connectivity index (χ1v) is 18.9.